The maximum absolute atomic E-state index is 3.67. The summed E-state index contributed by atoms with van der Waals surface area (Å²) < 4.78 is 0. The van der Waals surface area contributed by atoms with Crippen LogP contribution < -0.4 is 5.32 Å². The predicted octanol–water partition coefficient (Wildman–Crippen LogP) is 13.8. The van der Waals surface area contributed by atoms with E-state index in [1.54, 1.807) is 0 Å². The first-order chi connectivity index (χ1) is 20.4. The van der Waals surface area contributed by atoms with Crippen molar-refractivity contribution in [1.82, 2.24) is 5.32 Å². The van der Waals surface area contributed by atoms with Gasteiger partial charge in [-0.05, 0) is 90.1 Å². The maximum Gasteiger partial charge on any atom is -0.00489 e. The summed E-state index contributed by atoms with van der Waals surface area (Å²) in [5.41, 5.74) is 0. The minimum Gasteiger partial charge on any atom is -0.317 e. The van der Waals surface area contributed by atoms with Crippen molar-refractivity contribution in [3.05, 3.63) is 48.6 Å². The van der Waals surface area contributed by atoms with E-state index < -0.39 is 0 Å². The van der Waals surface area contributed by atoms with Gasteiger partial charge in [0.1, 0.15) is 0 Å². The third-order valence-electron chi connectivity index (χ3n) is 8.11. The van der Waals surface area contributed by atoms with Gasteiger partial charge in [0.25, 0.3) is 0 Å². The largest absolute Gasteiger partial charge is 0.317 e. The highest BCUT2D eigenvalue weighted by molar-refractivity contribution is 4.93. The summed E-state index contributed by atoms with van der Waals surface area (Å²) in [7, 11) is 0. The van der Waals surface area contributed by atoms with E-state index in [1.807, 2.05) is 0 Å². The lowest BCUT2D eigenvalue weighted by molar-refractivity contribution is 0.530. The highest BCUT2D eigenvalue weighted by atomic mass is 14.8. The van der Waals surface area contributed by atoms with Gasteiger partial charge in [-0.2, -0.15) is 0 Å². The van der Waals surface area contributed by atoms with Gasteiger partial charge >= 0.3 is 0 Å². The second kappa shape index (κ2) is 38.9. The fourth-order valence-corrected chi connectivity index (χ4v) is 5.31. The topological polar surface area (TPSA) is 12.0 Å². The summed E-state index contributed by atoms with van der Waals surface area (Å²) in [5, 5.41) is 3.67. The molecule has 1 heteroatoms. The van der Waals surface area contributed by atoms with Crippen LogP contribution in [0.1, 0.15) is 194 Å². The Bertz CT molecular complexity index is 519. The SMILES string of the molecule is CCCCC/C=C\C/C=C\CCCCCCCCCCNCCCCCCCCCC/C=C\C/C=C\CCCCC. The molecule has 0 bridgehead atoms. The van der Waals surface area contributed by atoms with Crippen LogP contribution in [0.15, 0.2) is 48.6 Å². The molecule has 0 atom stereocenters. The van der Waals surface area contributed by atoms with Gasteiger partial charge in [-0.25, -0.2) is 0 Å². The first-order valence-corrected chi connectivity index (χ1v) is 18.7. The molecule has 0 aromatic rings. The van der Waals surface area contributed by atoms with Crippen LogP contribution in [0, 0.1) is 0 Å². The van der Waals surface area contributed by atoms with Crippen molar-refractivity contribution in [3.8, 4) is 0 Å². The minimum absolute atomic E-state index is 1.12. The quantitative estimate of drug-likeness (QED) is 0.0600. The van der Waals surface area contributed by atoms with Crippen molar-refractivity contribution in [2.45, 2.75) is 194 Å². The molecule has 0 aliphatic rings. The van der Waals surface area contributed by atoms with Crippen LogP contribution >= 0.6 is 0 Å². The third-order valence-corrected chi connectivity index (χ3v) is 8.11. The van der Waals surface area contributed by atoms with Crippen molar-refractivity contribution in [1.29, 1.82) is 0 Å². The van der Waals surface area contributed by atoms with Crippen LogP contribution in [-0.4, -0.2) is 13.1 Å². The number of hydrogen-bond acceptors (Lipinski definition) is 1. The van der Waals surface area contributed by atoms with Gasteiger partial charge < -0.3 is 5.32 Å². The number of nitrogens with one attached hydrogen (secondary N) is 1. The van der Waals surface area contributed by atoms with E-state index in [0.29, 0.717) is 0 Å². The van der Waals surface area contributed by atoms with Gasteiger partial charge in [-0.15, -0.1) is 0 Å². The normalized spacial score (nSPS) is 12.3. The van der Waals surface area contributed by atoms with Gasteiger partial charge in [-0.1, -0.05) is 165 Å². The maximum atomic E-state index is 3.67. The zero-order valence-corrected chi connectivity index (χ0v) is 28.3. The van der Waals surface area contributed by atoms with E-state index in [4.69, 9.17) is 0 Å². The summed E-state index contributed by atoms with van der Waals surface area (Å²) in [4.78, 5) is 0. The number of allylic oxidation sites excluding steroid dienone is 8. The summed E-state index contributed by atoms with van der Waals surface area (Å²) in [6, 6.07) is 0. The van der Waals surface area contributed by atoms with E-state index >= 15 is 0 Å². The fourth-order valence-electron chi connectivity index (χ4n) is 5.31. The van der Waals surface area contributed by atoms with Gasteiger partial charge in [0.05, 0.1) is 0 Å². The minimum atomic E-state index is 1.12. The van der Waals surface area contributed by atoms with Crippen LogP contribution in [0.25, 0.3) is 0 Å². The van der Waals surface area contributed by atoms with Crippen molar-refractivity contribution in [2.75, 3.05) is 13.1 Å². The molecule has 0 heterocycles. The smallest absolute Gasteiger partial charge is 0.00489 e. The van der Waals surface area contributed by atoms with E-state index in [1.165, 1.54) is 180 Å². The first kappa shape index (κ1) is 39.9. The molecule has 1 N–H and O–H groups in total. The molecule has 0 saturated heterocycles. The van der Waals surface area contributed by atoms with Crippen LogP contribution in [-0.2, 0) is 0 Å². The van der Waals surface area contributed by atoms with Crippen LogP contribution in [0.5, 0.6) is 0 Å². The highest BCUT2D eigenvalue weighted by Crippen LogP contribution is 2.11. The molecule has 0 unspecified atom stereocenters. The Morgan fingerprint density at radius 3 is 0.878 bits per heavy atom. The van der Waals surface area contributed by atoms with Gasteiger partial charge in [0, 0.05) is 0 Å². The van der Waals surface area contributed by atoms with Crippen molar-refractivity contribution < 1.29 is 0 Å². The van der Waals surface area contributed by atoms with Crippen LogP contribution in [0.4, 0.5) is 0 Å². The Kier molecular flexibility index (Phi) is 37.9. The molecule has 0 aliphatic heterocycles. The molecule has 41 heavy (non-hydrogen) atoms. The lowest BCUT2D eigenvalue weighted by Crippen LogP contribution is -2.16. The van der Waals surface area contributed by atoms with E-state index in [0.717, 1.165) is 12.8 Å². The highest BCUT2D eigenvalue weighted by Gasteiger charge is 1.95. The lowest BCUT2D eigenvalue weighted by atomic mass is 10.1. The zero-order chi connectivity index (χ0) is 29.6. The Morgan fingerprint density at radius 1 is 0.293 bits per heavy atom. The van der Waals surface area contributed by atoms with Gasteiger partial charge in [0.15, 0.2) is 0 Å². The fraction of sp³-hybridized carbons (Fsp3) is 0.800. The molecule has 1 nitrogen and oxygen atoms in total. The first-order valence-electron chi connectivity index (χ1n) is 18.7. The number of hydrogen-bond donors (Lipinski definition) is 1. The molecule has 0 spiro atoms. The van der Waals surface area contributed by atoms with E-state index in [9.17, 15) is 0 Å². The van der Waals surface area contributed by atoms with Crippen LogP contribution in [0.2, 0.25) is 0 Å². The van der Waals surface area contributed by atoms with Gasteiger partial charge in [-0.3, -0.25) is 0 Å². The number of rotatable bonds is 34. The molecular weight excluding hydrogens is 494 g/mol. The van der Waals surface area contributed by atoms with Crippen molar-refractivity contribution >= 4 is 0 Å². The molecule has 0 radical (unpaired) electrons. The summed E-state index contributed by atoms with van der Waals surface area (Å²) in [6.07, 6.45) is 56.8. The Labute approximate surface area is 260 Å². The molecule has 0 fully saturated rings. The van der Waals surface area contributed by atoms with Crippen molar-refractivity contribution in [2.24, 2.45) is 0 Å². The standard InChI is InChI=1S/C40H75N/c1-3-5-7-9-11-13-15-17-19-21-23-25-27-29-31-33-35-37-39-41-40-38-36-34-32-30-28-26-24-22-20-18-16-14-12-10-8-6-4-2/h11-14,17-20,41H,3-10,15-16,21-40H2,1-2H3/b13-11-,14-12-,19-17-,20-18-. The average molecular weight is 570 g/mol. The zero-order valence-electron chi connectivity index (χ0n) is 28.3. The van der Waals surface area contributed by atoms with Crippen LogP contribution in [0.3, 0.4) is 0 Å². The molecule has 0 rings (SSSR count). The number of unbranched alkanes of at least 4 members (excludes halogenated alkanes) is 22. The Balaban J connectivity index is 3.14. The summed E-state index contributed by atoms with van der Waals surface area (Å²) in [6.45, 7) is 6.99. The second-order valence-corrected chi connectivity index (χ2v) is 12.3. The third kappa shape index (κ3) is 38.9. The monoisotopic (exact) mass is 570 g/mol. The molecule has 0 aliphatic carbocycles. The second-order valence-electron chi connectivity index (χ2n) is 12.3. The molecule has 0 amide bonds. The lowest BCUT2D eigenvalue weighted by Gasteiger charge is -2.05. The molecule has 0 aromatic carbocycles. The Morgan fingerprint density at radius 2 is 0.561 bits per heavy atom. The summed E-state index contributed by atoms with van der Waals surface area (Å²) >= 11 is 0. The molecule has 0 saturated carbocycles. The molecule has 240 valence electrons. The molecule has 0 aromatic heterocycles. The van der Waals surface area contributed by atoms with Gasteiger partial charge in [0.2, 0.25) is 0 Å². The Hall–Kier alpha value is -1.08. The summed E-state index contributed by atoms with van der Waals surface area (Å²) in [5.74, 6) is 0. The van der Waals surface area contributed by atoms with E-state index in [-0.39, 0.29) is 0 Å². The van der Waals surface area contributed by atoms with E-state index in [2.05, 4.69) is 67.8 Å². The predicted molar refractivity (Wildman–Crippen MR) is 190 cm³/mol. The molecular formula is C40H75N. The average Bonchev–Trinajstić information content (AvgIpc) is 2.98. The van der Waals surface area contributed by atoms with Crippen molar-refractivity contribution in [3.63, 3.8) is 0 Å².